The predicted molar refractivity (Wildman–Crippen MR) is 64.6 cm³/mol. The Kier molecular flexibility index (Phi) is 2.97. The summed E-state index contributed by atoms with van der Waals surface area (Å²) in [6.07, 6.45) is 2.85. The van der Waals surface area contributed by atoms with Crippen LogP contribution in [0.3, 0.4) is 0 Å². The van der Waals surface area contributed by atoms with E-state index in [0.717, 1.165) is 5.69 Å². The van der Waals surface area contributed by atoms with Crippen molar-refractivity contribution < 1.29 is 9.90 Å². The molecule has 0 atom stereocenters. The third-order valence-electron chi connectivity index (χ3n) is 2.45. The van der Waals surface area contributed by atoms with Crippen LogP contribution in [0.4, 0.5) is 5.69 Å². The van der Waals surface area contributed by atoms with Crippen molar-refractivity contribution in [1.82, 2.24) is 19.7 Å². The SMILES string of the molecule is CC(C)c1cc(-n2cc(N)c(C(=O)O)n2)ncn1. The van der Waals surface area contributed by atoms with Gasteiger partial charge in [0.25, 0.3) is 0 Å². The third-order valence-corrected chi connectivity index (χ3v) is 2.45. The number of carbonyl (C=O) groups is 1. The van der Waals surface area contributed by atoms with E-state index in [0.29, 0.717) is 5.82 Å². The van der Waals surface area contributed by atoms with Crippen LogP contribution in [-0.4, -0.2) is 30.8 Å². The molecule has 0 spiro atoms. The maximum Gasteiger partial charge on any atom is 0.358 e. The molecule has 0 unspecified atom stereocenters. The van der Waals surface area contributed by atoms with Crippen LogP contribution < -0.4 is 5.73 Å². The molecule has 18 heavy (non-hydrogen) atoms. The zero-order valence-corrected chi connectivity index (χ0v) is 10.0. The Morgan fingerprint density at radius 1 is 1.44 bits per heavy atom. The maximum atomic E-state index is 10.9. The van der Waals surface area contributed by atoms with E-state index >= 15 is 0 Å². The standard InChI is InChI=1S/C11H13N5O2/c1-6(2)8-3-9(14-5-13-8)16-4-7(12)10(15-16)11(17)18/h3-6H,12H2,1-2H3,(H,17,18). The summed E-state index contributed by atoms with van der Waals surface area (Å²) in [5, 5.41) is 12.8. The summed E-state index contributed by atoms with van der Waals surface area (Å²) in [5.74, 6) is -0.420. The number of nitrogens with zero attached hydrogens (tertiary/aromatic N) is 4. The number of nitrogens with two attached hydrogens (primary N) is 1. The third kappa shape index (κ3) is 2.15. The fourth-order valence-electron chi connectivity index (χ4n) is 1.47. The lowest BCUT2D eigenvalue weighted by Gasteiger charge is -2.05. The van der Waals surface area contributed by atoms with Crippen molar-refractivity contribution in [3.63, 3.8) is 0 Å². The first kappa shape index (κ1) is 12.0. The number of rotatable bonds is 3. The first-order valence-electron chi connectivity index (χ1n) is 5.39. The molecule has 0 fully saturated rings. The molecule has 7 nitrogen and oxygen atoms in total. The number of anilines is 1. The van der Waals surface area contributed by atoms with Crippen molar-refractivity contribution in [2.45, 2.75) is 19.8 Å². The van der Waals surface area contributed by atoms with E-state index in [1.807, 2.05) is 13.8 Å². The zero-order valence-electron chi connectivity index (χ0n) is 10.0. The van der Waals surface area contributed by atoms with Crippen LogP contribution in [0.1, 0.15) is 35.9 Å². The highest BCUT2D eigenvalue weighted by atomic mass is 16.4. The van der Waals surface area contributed by atoms with E-state index in [1.54, 1.807) is 6.07 Å². The molecule has 2 aromatic rings. The number of carboxylic acid groups (broad SMARTS) is 1. The molecular weight excluding hydrogens is 234 g/mol. The van der Waals surface area contributed by atoms with Gasteiger partial charge >= 0.3 is 5.97 Å². The average molecular weight is 247 g/mol. The van der Waals surface area contributed by atoms with Crippen LogP contribution in [0, 0.1) is 0 Å². The topological polar surface area (TPSA) is 107 Å². The molecule has 0 radical (unpaired) electrons. The molecular formula is C11H13N5O2. The van der Waals surface area contributed by atoms with Gasteiger partial charge in [0.2, 0.25) is 0 Å². The van der Waals surface area contributed by atoms with Crippen LogP contribution >= 0.6 is 0 Å². The molecule has 0 aliphatic rings. The van der Waals surface area contributed by atoms with Gasteiger partial charge in [0, 0.05) is 11.8 Å². The van der Waals surface area contributed by atoms with Gasteiger partial charge in [0.15, 0.2) is 11.5 Å². The number of aromatic carboxylic acids is 1. The van der Waals surface area contributed by atoms with Crippen molar-refractivity contribution >= 4 is 11.7 Å². The lowest BCUT2D eigenvalue weighted by Crippen LogP contribution is -2.05. The van der Waals surface area contributed by atoms with Gasteiger partial charge in [-0.3, -0.25) is 0 Å². The molecule has 2 rings (SSSR count). The Balaban J connectivity index is 2.45. The summed E-state index contributed by atoms with van der Waals surface area (Å²) in [5.41, 5.74) is 6.35. The first-order chi connectivity index (χ1) is 8.49. The van der Waals surface area contributed by atoms with Crippen molar-refractivity contribution in [1.29, 1.82) is 0 Å². The Morgan fingerprint density at radius 2 is 2.17 bits per heavy atom. The van der Waals surface area contributed by atoms with Gasteiger partial charge in [-0.05, 0) is 5.92 Å². The van der Waals surface area contributed by atoms with E-state index < -0.39 is 5.97 Å². The van der Waals surface area contributed by atoms with Gasteiger partial charge in [-0.2, -0.15) is 5.10 Å². The summed E-state index contributed by atoms with van der Waals surface area (Å²) in [4.78, 5) is 19.0. The zero-order chi connectivity index (χ0) is 13.3. The normalized spacial score (nSPS) is 10.8. The molecule has 2 heterocycles. The minimum Gasteiger partial charge on any atom is -0.476 e. The molecule has 3 N–H and O–H groups in total. The van der Waals surface area contributed by atoms with Crippen LogP contribution in [0.25, 0.3) is 5.82 Å². The summed E-state index contributed by atoms with van der Waals surface area (Å²) >= 11 is 0. The Labute approximate surface area is 103 Å². The van der Waals surface area contributed by atoms with Crippen molar-refractivity contribution in [3.05, 3.63) is 30.0 Å². The molecule has 2 aromatic heterocycles. The molecule has 0 bridgehead atoms. The van der Waals surface area contributed by atoms with E-state index in [9.17, 15) is 4.79 Å². The van der Waals surface area contributed by atoms with Gasteiger partial charge in [0.1, 0.15) is 6.33 Å². The summed E-state index contributed by atoms with van der Waals surface area (Å²) < 4.78 is 1.34. The smallest absolute Gasteiger partial charge is 0.358 e. The largest absolute Gasteiger partial charge is 0.476 e. The van der Waals surface area contributed by atoms with Crippen LogP contribution in [0.2, 0.25) is 0 Å². The quantitative estimate of drug-likeness (QED) is 0.839. The minimum atomic E-state index is -1.16. The van der Waals surface area contributed by atoms with Gasteiger partial charge in [0.05, 0.1) is 11.9 Å². The number of carboxylic acids is 1. The Hall–Kier alpha value is -2.44. The molecule has 0 aromatic carbocycles. The Bertz CT molecular complexity index is 591. The predicted octanol–water partition coefficient (Wildman–Crippen LogP) is 1.07. The number of aromatic nitrogens is 4. The summed E-state index contributed by atoms with van der Waals surface area (Å²) in [6.45, 7) is 4.01. The fraction of sp³-hybridized carbons (Fsp3) is 0.273. The van der Waals surface area contributed by atoms with E-state index in [2.05, 4.69) is 15.1 Å². The molecule has 0 aliphatic carbocycles. The van der Waals surface area contributed by atoms with E-state index in [4.69, 9.17) is 10.8 Å². The highest BCUT2D eigenvalue weighted by molar-refractivity contribution is 5.91. The number of hydrogen-bond donors (Lipinski definition) is 2. The molecule has 94 valence electrons. The monoisotopic (exact) mass is 247 g/mol. The van der Waals surface area contributed by atoms with Crippen LogP contribution in [-0.2, 0) is 0 Å². The number of nitrogen functional groups attached to an aromatic ring is 1. The number of hydrogen-bond acceptors (Lipinski definition) is 5. The molecule has 0 aliphatic heterocycles. The molecule has 0 amide bonds. The highest BCUT2D eigenvalue weighted by Crippen LogP contribution is 2.16. The van der Waals surface area contributed by atoms with Gasteiger partial charge in [-0.25, -0.2) is 19.4 Å². The van der Waals surface area contributed by atoms with Crippen molar-refractivity contribution in [3.8, 4) is 5.82 Å². The highest BCUT2D eigenvalue weighted by Gasteiger charge is 2.15. The average Bonchev–Trinajstić information content (AvgIpc) is 2.71. The van der Waals surface area contributed by atoms with Gasteiger partial charge in [-0.15, -0.1) is 0 Å². The molecule has 7 heteroatoms. The fourth-order valence-corrected chi connectivity index (χ4v) is 1.47. The van der Waals surface area contributed by atoms with Crippen molar-refractivity contribution in [2.24, 2.45) is 0 Å². The summed E-state index contributed by atoms with van der Waals surface area (Å²) in [6, 6.07) is 1.75. The Morgan fingerprint density at radius 3 is 2.72 bits per heavy atom. The second kappa shape index (κ2) is 4.44. The lowest BCUT2D eigenvalue weighted by atomic mass is 10.1. The lowest BCUT2D eigenvalue weighted by molar-refractivity contribution is 0.0691. The van der Waals surface area contributed by atoms with E-state index in [-0.39, 0.29) is 17.3 Å². The second-order valence-electron chi connectivity index (χ2n) is 4.14. The first-order valence-corrected chi connectivity index (χ1v) is 5.39. The molecule has 0 saturated carbocycles. The van der Waals surface area contributed by atoms with Gasteiger partial charge < -0.3 is 10.8 Å². The second-order valence-corrected chi connectivity index (χ2v) is 4.14. The van der Waals surface area contributed by atoms with Gasteiger partial charge in [-0.1, -0.05) is 13.8 Å². The minimum absolute atomic E-state index is 0.104. The molecule has 0 saturated heterocycles. The van der Waals surface area contributed by atoms with Crippen LogP contribution in [0.5, 0.6) is 0 Å². The van der Waals surface area contributed by atoms with Crippen LogP contribution in [0.15, 0.2) is 18.6 Å². The maximum absolute atomic E-state index is 10.9. The van der Waals surface area contributed by atoms with Crippen molar-refractivity contribution in [2.75, 3.05) is 5.73 Å². The summed E-state index contributed by atoms with van der Waals surface area (Å²) in [7, 11) is 0. The van der Waals surface area contributed by atoms with E-state index in [1.165, 1.54) is 17.2 Å².